The third-order valence-corrected chi connectivity index (χ3v) is 5.18. The largest absolute Gasteiger partial charge is 0.354 e. The van der Waals surface area contributed by atoms with Gasteiger partial charge in [0.05, 0.1) is 6.54 Å². The lowest BCUT2D eigenvalue weighted by molar-refractivity contribution is 0.329. The third-order valence-electron chi connectivity index (χ3n) is 5.18. The van der Waals surface area contributed by atoms with Gasteiger partial charge in [-0.05, 0) is 44.4 Å². The van der Waals surface area contributed by atoms with Crippen molar-refractivity contribution in [1.82, 2.24) is 25.4 Å². The number of nitrogens with one attached hydrogen (secondary N) is 2. The molecule has 7 heteroatoms. The predicted molar refractivity (Wildman–Crippen MR) is 108 cm³/mol. The predicted octanol–water partition coefficient (Wildman–Crippen LogP) is 2.87. The Bertz CT molecular complexity index is 533. The number of aryl methyl sites for hydroxylation is 1. The maximum absolute atomic E-state index is 4.37. The van der Waals surface area contributed by atoms with Crippen LogP contribution < -0.4 is 10.6 Å². The van der Waals surface area contributed by atoms with Gasteiger partial charge in [-0.3, -0.25) is 4.99 Å². The van der Waals surface area contributed by atoms with E-state index in [1.807, 2.05) is 7.05 Å². The Morgan fingerprint density at radius 2 is 1.96 bits per heavy atom. The zero-order chi connectivity index (χ0) is 16.1. The number of hydrogen-bond acceptors (Lipinski definition) is 3. The lowest BCUT2D eigenvalue weighted by atomic mass is 9.87. The van der Waals surface area contributed by atoms with E-state index in [2.05, 4.69) is 37.3 Å². The molecular weight excluding hydrogens is 415 g/mol. The van der Waals surface area contributed by atoms with Crippen LogP contribution in [0.2, 0.25) is 0 Å². The van der Waals surface area contributed by atoms with Crippen molar-refractivity contribution in [1.29, 1.82) is 0 Å². The van der Waals surface area contributed by atoms with E-state index in [1.165, 1.54) is 44.9 Å². The molecule has 6 nitrogen and oxygen atoms in total. The molecule has 0 bridgehead atoms. The van der Waals surface area contributed by atoms with Crippen LogP contribution >= 0.6 is 24.0 Å². The van der Waals surface area contributed by atoms with Crippen molar-refractivity contribution in [3.63, 3.8) is 0 Å². The molecule has 0 spiro atoms. The Balaban J connectivity index is 0.00000208. The fourth-order valence-corrected chi connectivity index (χ4v) is 3.63. The highest BCUT2D eigenvalue weighted by molar-refractivity contribution is 14.0. The van der Waals surface area contributed by atoms with Crippen LogP contribution in [-0.4, -0.2) is 33.8 Å². The number of rotatable bonds is 3. The van der Waals surface area contributed by atoms with Crippen molar-refractivity contribution in [3.8, 4) is 0 Å². The first kappa shape index (κ1) is 19.5. The molecule has 1 saturated carbocycles. The molecule has 1 fully saturated rings. The van der Waals surface area contributed by atoms with Crippen molar-refractivity contribution in [2.24, 2.45) is 10.9 Å². The zero-order valence-corrected chi connectivity index (χ0v) is 17.3. The van der Waals surface area contributed by atoms with Gasteiger partial charge in [0.1, 0.15) is 5.82 Å². The third kappa shape index (κ3) is 5.07. The highest BCUT2D eigenvalue weighted by Crippen LogP contribution is 2.23. The van der Waals surface area contributed by atoms with Crippen molar-refractivity contribution < 1.29 is 0 Å². The number of aliphatic imine (C=N–C) groups is 1. The highest BCUT2D eigenvalue weighted by Gasteiger charge is 2.19. The quantitative estimate of drug-likeness (QED) is 0.426. The van der Waals surface area contributed by atoms with E-state index in [-0.39, 0.29) is 24.0 Å². The first-order valence-electron chi connectivity index (χ1n) is 9.14. The molecule has 1 aromatic heterocycles. The molecule has 0 amide bonds. The summed E-state index contributed by atoms with van der Waals surface area (Å²) in [6.45, 7) is 4.09. The van der Waals surface area contributed by atoms with Gasteiger partial charge in [0.2, 0.25) is 0 Å². The second-order valence-corrected chi connectivity index (χ2v) is 7.02. The molecule has 1 aromatic rings. The molecular formula is C17H31IN6. The number of guanidine groups is 1. The number of hydrogen-bond donors (Lipinski definition) is 2. The maximum Gasteiger partial charge on any atom is 0.191 e. The summed E-state index contributed by atoms with van der Waals surface area (Å²) in [4.78, 5) is 4.37. The number of halogens is 1. The number of fused-ring (bicyclic) bond motifs is 1. The fourth-order valence-electron chi connectivity index (χ4n) is 3.63. The van der Waals surface area contributed by atoms with E-state index in [4.69, 9.17) is 0 Å². The van der Waals surface area contributed by atoms with Gasteiger partial charge in [0, 0.05) is 26.1 Å². The lowest BCUT2D eigenvalue weighted by Crippen LogP contribution is -2.44. The van der Waals surface area contributed by atoms with E-state index in [0.29, 0.717) is 12.6 Å². The van der Waals surface area contributed by atoms with Crippen molar-refractivity contribution >= 4 is 29.9 Å². The molecule has 0 aromatic carbocycles. The Hall–Kier alpha value is -0.860. The zero-order valence-electron chi connectivity index (χ0n) is 14.9. The summed E-state index contributed by atoms with van der Waals surface area (Å²) < 4.78 is 2.29. The highest BCUT2D eigenvalue weighted by atomic mass is 127. The summed E-state index contributed by atoms with van der Waals surface area (Å²) in [5.41, 5.74) is 0. The fraction of sp³-hybridized carbons (Fsp3) is 0.824. The Morgan fingerprint density at radius 1 is 1.17 bits per heavy atom. The van der Waals surface area contributed by atoms with Crippen LogP contribution in [0.15, 0.2) is 4.99 Å². The lowest BCUT2D eigenvalue weighted by Gasteiger charge is -2.28. The Kier molecular flexibility index (Phi) is 7.77. The smallest absolute Gasteiger partial charge is 0.191 e. The van der Waals surface area contributed by atoms with Gasteiger partial charge in [0.25, 0.3) is 0 Å². The van der Waals surface area contributed by atoms with Crippen LogP contribution in [0.3, 0.4) is 0 Å². The molecule has 2 N–H and O–H groups in total. The minimum Gasteiger partial charge on any atom is -0.354 e. The summed E-state index contributed by atoms with van der Waals surface area (Å²) in [6, 6.07) is 0.549. The second-order valence-electron chi connectivity index (χ2n) is 7.02. The van der Waals surface area contributed by atoms with Crippen molar-refractivity contribution in [2.45, 2.75) is 77.4 Å². The van der Waals surface area contributed by atoms with Gasteiger partial charge >= 0.3 is 0 Å². The van der Waals surface area contributed by atoms with Gasteiger partial charge in [0.15, 0.2) is 11.8 Å². The monoisotopic (exact) mass is 446 g/mol. The van der Waals surface area contributed by atoms with Crippen LogP contribution in [0.4, 0.5) is 0 Å². The van der Waals surface area contributed by atoms with E-state index in [9.17, 15) is 0 Å². The van der Waals surface area contributed by atoms with Gasteiger partial charge in [-0.15, -0.1) is 34.2 Å². The summed E-state index contributed by atoms with van der Waals surface area (Å²) >= 11 is 0. The molecule has 0 unspecified atom stereocenters. The van der Waals surface area contributed by atoms with Crippen molar-refractivity contribution in [2.75, 3.05) is 7.05 Å². The first-order valence-corrected chi connectivity index (χ1v) is 9.14. The average molecular weight is 446 g/mol. The Labute approximate surface area is 162 Å². The SMILES string of the molecule is CN=C(NCc1nnc2n1CCCCC2)NC1CCC(C)CC1.I. The van der Waals surface area contributed by atoms with Crippen LogP contribution in [-0.2, 0) is 19.5 Å². The van der Waals surface area contributed by atoms with Crippen LogP contribution in [0, 0.1) is 5.92 Å². The maximum atomic E-state index is 4.37. The molecule has 1 aliphatic carbocycles. The van der Waals surface area contributed by atoms with E-state index < -0.39 is 0 Å². The minimum absolute atomic E-state index is 0. The summed E-state index contributed by atoms with van der Waals surface area (Å²) in [7, 11) is 1.84. The van der Waals surface area contributed by atoms with Gasteiger partial charge < -0.3 is 15.2 Å². The van der Waals surface area contributed by atoms with E-state index >= 15 is 0 Å². The number of nitrogens with zero attached hydrogens (tertiary/aromatic N) is 4. The number of aromatic nitrogens is 3. The van der Waals surface area contributed by atoms with Gasteiger partial charge in [-0.25, -0.2) is 0 Å². The normalized spacial score (nSPS) is 24.5. The Morgan fingerprint density at radius 3 is 2.71 bits per heavy atom. The van der Waals surface area contributed by atoms with E-state index in [1.54, 1.807) is 0 Å². The molecule has 136 valence electrons. The minimum atomic E-state index is 0. The summed E-state index contributed by atoms with van der Waals surface area (Å²) in [6.07, 6.45) is 9.91. The van der Waals surface area contributed by atoms with Crippen LogP contribution in [0.25, 0.3) is 0 Å². The van der Waals surface area contributed by atoms with Gasteiger partial charge in [-0.2, -0.15) is 0 Å². The van der Waals surface area contributed by atoms with E-state index in [0.717, 1.165) is 36.5 Å². The molecule has 1 aliphatic heterocycles. The second kappa shape index (κ2) is 9.58. The molecule has 0 saturated heterocycles. The molecule has 2 heterocycles. The van der Waals surface area contributed by atoms with Crippen molar-refractivity contribution in [3.05, 3.63) is 11.6 Å². The summed E-state index contributed by atoms with van der Waals surface area (Å²) in [5, 5.41) is 15.7. The molecule has 0 radical (unpaired) electrons. The topological polar surface area (TPSA) is 67.1 Å². The molecule has 2 aliphatic rings. The van der Waals surface area contributed by atoms with Gasteiger partial charge in [-0.1, -0.05) is 13.3 Å². The standard InChI is InChI=1S/C17H30N6.HI/c1-13-7-9-14(10-8-13)20-17(18-2)19-12-16-22-21-15-6-4-3-5-11-23(15)16;/h13-14H,3-12H2,1-2H3,(H2,18,19,20);1H. The molecule has 3 rings (SSSR count). The van der Waals surface area contributed by atoms with Crippen LogP contribution in [0.5, 0.6) is 0 Å². The molecule has 0 atom stereocenters. The average Bonchev–Trinajstić information content (AvgIpc) is 2.80. The molecule has 24 heavy (non-hydrogen) atoms. The summed E-state index contributed by atoms with van der Waals surface area (Å²) in [5.74, 6) is 3.93. The first-order chi connectivity index (χ1) is 11.3. The van der Waals surface area contributed by atoms with Crippen LogP contribution in [0.1, 0.15) is 63.5 Å².